The van der Waals surface area contributed by atoms with E-state index in [4.69, 9.17) is 14.3 Å². The lowest BCUT2D eigenvalue weighted by Crippen LogP contribution is -2.52. The highest BCUT2D eigenvalue weighted by atomic mass is 31.2. The van der Waals surface area contributed by atoms with Crippen molar-refractivity contribution in [3.05, 3.63) is 92.9 Å². The molecule has 0 aliphatic carbocycles. The Balaban J connectivity index is 1.39. The maximum absolute atomic E-state index is 14.3. The predicted molar refractivity (Wildman–Crippen MR) is 168 cm³/mol. The first-order valence-electron chi connectivity index (χ1n) is 15.4. The van der Waals surface area contributed by atoms with Gasteiger partial charge >= 0.3 is 14.0 Å². The standard InChI is InChI=1S/C32H31F2N4O11P/c1-17-12-32(49-36-17)10-9-18(2)37-15-25(32)38-14-22(29(40)35-13-19-7-8-21(33)11-23(19)34)27(39)28(26(38)30(37)41)47-31(42)46-16-20-5-3-4-6-24(20)48-50(43,44)45/h3-8,11,14,18,25H,9-10,12-13,15-16H2,1-2H3,(H,35,40)(H2,43,44,45)/t18-,25+,32-/m0/s1. The Kier molecular flexibility index (Phi) is 9.24. The largest absolute Gasteiger partial charge is 0.524 e. The fourth-order valence-electron chi connectivity index (χ4n) is 6.39. The number of rotatable bonds is 8. The van der Waals surface area contributed by atoms with Gasteiger partial charge in [0.15, 0.2) is 11.3 Å². The molecule has 3 atom stereocenters. The van der Waals surface area contributed by atoms with Gasteiger partial charge in [0.05, 0.1) is 11.8 Å². The fraction of sp³-hybridized carbons (Fsp3) is 0.344. The maximum atomic E-state index is 14.3. The van der Waals surface area contributed by atoms with Crippen molar-refractivity contribution in [3.8, 4) is 11.5 Å². The molecule has 3 N–H and O–H groups in total. The molecule has 1 fully saturated rings. The number of carbonyl (C=O) groups is 3. The highest BCUT2D eigenvalue weighted by Crippen LogP contribution is 2.46. The van der Waals surface area contributed by atoms with Crippen LogP contribution in [0.4, 0.5) is 13.6 Å². The predicted octanol–water partition coefficient (Wildman–Crippen LogP) is 3.96. The summed E-state index contributed by atoms with van der Waals surface area (Å²) in [6, 6.07) is 7.24. The minimum Gasteiger partial charge on any atom is -0.429 e. The Morgan fingerprint density at radius 1 is 1.16 bits per heavy atom. The number of hydrogen-bond donors (Lipinski definition) is 3. The summed E-state index contributed by atoms with van der Waals surface area (Å²) in [4.78, 5) is 80.6. The van der Waals surface area contributed by atoms with E-state index < -0.39 is 79.0 Å². The van der Waals surface area contributed by atoms with E-state index in [0.29, 0.717) is 31.0 Å². The molecule has 1 aromatic heterocycles. The number of phosphoric ester groups is 1. The summed E-state index contributed by atoms with van der Waals surface area (Å²) in [5.41, 5.74) is -2.42. The molecule has 2 bridgehead atoms. The van der Waals surface area contributed by atoms with Gasteiger partial charge in [-0.3, -0.25) is 24.2 Å². The zero-order chi connectivity index (χ0) is 36.0. The molecule has 15 nitrogen and oxygen atoms in total. The Hall–Kier alpha value is -5.12. The number of aromatic nitrogens is 1. The highest BCUT2D eigenvalue weighted by molar-refractivity contribution is 7.46. The van der Waals surface area contributed by atoms with Crippen molar-refractivity contribution >= 4 is 31.5 Å². The average Bonchev–Trinajstić information content (AvgIpc) is 3.38. The van der Waals surface area contributed by atoms with E-state index in [0.717, 1.165) is 18.3 Å². The van der Waals surface area contributed by atoms with Crippen LogP contribution in [0.1, 0.15) is 71.1 Å². The summed E-state index contributed by atoms with van der Waals surface area (Å²) in [6.07, 6.45) is 1.01. The SMILES string of the molecule is CC1=NO[C@@]2(CC[C@H](C)N3C[C@H]2n2cc(C(=O)NCc4ccc(F)cc4F)c(=O)c(OC(=O)OCc4ccccc4OP(=O)(O)O)c2C3=O)C1. The Bertz CT molecular complexity index is 2030. The lowest BCUT2D eigenvalue weighted by atomic mass is 9.84. The van der Waals surface area contributed by atoms with Crippen LogP contribution in [0.15, 0.2) is 58.6 Å². The van der Waals surface area contributed by atoms with E-state index in [1.54, 1.807) is 6.92 Å². The quantitative estimate of drug-likeness (QED) is 0.226. The first-order valence-corrected chi connectivity index (χ1v) is 16.9. The second kappa shape index (κ2) is 13.3. The number of carbonyl (C=O) groups excluding carboxylic acids is 3. The van der Waals surface area contributed by atoms with Crippen LogP contribution >= 0.6 is 7.82 Å². The van der Waals surface area contributed by atoms with Crippen LogP contribution in [0.25, 0.3) is 0 Å². The molecule has 0 saturated carbocycles. The lowest BCUT2D eigenvalue weighted by molar-refractivity contribution is -0.0655. The molecule has 2 amide bonds. The zero-order valence-electron chi connectivity index (χ0n) is 26.6. The number of oxime groups is 1. The molecule has 3 aromatic rings. The summed E-state index contributed by atoms with van der Waals surface area (Å²) in [5, 5.41) is 6.57. The third-order valence-corrected chi connectivity index (χ3v) is 9.28. The number of nitrogens with one attached hydrogen (secondary N) is 1. The maximum Gasteiger partial charge on any atom is 0.524 e. The number of nitrogens with zero attached hydrogens (tertiary/aromatic N) is 3. The van der Waals surface area contributed by atoms with E-state index in [2.05, 4.69) is 15.0 Å². The molecule has 2 aromatic carbocycles. The number of halogens is 2. The highest BCUT2D eigenvalue weighted by Gasteiger charge is 2.54. The Morgan fingerprint density at radius 3 is 2.62 bits per heavy atom. The lowest BCUT2D eigenvalue weighted by Gasteiger charge is -2.42. The molecule has 0 unspecified atom stereocenters. The second-order valence-electron chi connectivity index (χ2n) is 12.2. The number of ether oxygens (including phenoxy) is 2. The summed E-state index contributed by atoms with van der Waals surface area (Å²) < 4.78 is 55.7. The number of benzene rings is 2. The molecule has 3 aliphatic rings. The van der Waals surface area contributed by atoms with Gasteiger partial charge in [0.25, 0.3) is 11.8 Å². The Morgan fingerprint density at radius 2 is 1.92 bits per heavy atom. The van der Waals surface area contributed by atoms with Crippen LogP contribution < -0.4 is 20.0 Å². The third kappa shape index (κ3) is 6.84. The van der Waals surface area contributed by atoms with Gasteiger partial charge in [-0.15, -0.1) is 0 Å². The number of hydrogen-bond acceptors (Lipinski definition) is 10. The van der Waals surface area contributed by atoms with Crippen LogP contribution in [-0.4, -0.2) is 61.1 Å². The molecule has 6 rings (SSSR count). The minimum atomic E-state index is -4.97. The van der Waals surface area contributed by atoms with Crippen molar-refractivity contribution in [1.29, 1.82) is 0 Å². The van der Waals surface area contributed by atoms with E-state index in [9.17, 15) is 42.3 Å². The van der Waals surface area contributed by atoms with Crippen molar-refractivity contribution in [2.75, 3.05) is 6.54 Å². The molecular formula is C32H31F2N4O11P. The molecule has 0 radical (unpaired) electrons. The van der Waals surface area contributed by atoms with Gasteiger partial charge in [0.2, 0.25) is 11.2 Å². The van der Waals surface area contributed by atoms with Gasteiger partial charge in [0.1, 0.15) is 29.6 Å². The molecule has 264 valence electrons. The summed E-state index contributed by atoms with van der Waals surface area (Å²) in [7, 11) is -4.97. The minimum absolute atomic E-state index is 0.0328. The summed E-state index contributed by atoms with van der Waals surface area (Å²) in [5.74, 6) is -4.54. The number of amides is 2. The zero-order valence-corrected chi connectivity index (χ0v) is 27.5. The van der Waals surface area contributed by atoms with Gasteiger partial charge in [-0.25, -0.2) is 18.1 Å². The van der Waals surface area contributed by atoms with Crippen LogP contribution in [0, 0.1) is 11.6 Å². The number of phosphoric acid groups is 1. The van der Waals surface area contributed by atoms with Crippen molar-refractivity contribution in [2.24, 2.45) is 5.16 Å². The van der Waals surface area contributed by atoms with Crippen LogP contribution in [-0.2, 0) is 27.3 Å². The van der Waals surface area contributed by atoms with Crippen LogP contribution in [0.2, 0.25) is 0 Å². The van der Waals surface area contributed by atoms with Gasteiger partial charge in [-0.2, -0.15) is 0 Å². The van der Waals surface area contributed by atoms with Crippen molar-refractivity contribution in [2.45, 2.75) is 63.9 Å². The molecule has 1 saturated heterocycles. The molecule has 3 aliphatic heterocycles. The van der Waals surface area contributed by atoms with E-state index in [1.807, 2.05) is 6.92 Å². The molecular weight excluding hydrogens is 685 g/mol. The molecule has 1 spiro atoms. The smallest absolute Gasteiger partial charge is 0.429 e. The van der Waals surface area contributed by atoms with Crippen molar-refractivity contribution < 1.29 is 56.4 Å². The fourth-order valence-corrected chi connectivity index (χ4v) is 6.83. The topological polar surface area (TPSA) is 195 Å². The van der Waals surface area contributed by atoms with E-state index in [-0.39, 0.29) is 35.2 Å². The summed E-state index contributed by atoms with van der Waals surface area (Å²) >= 11 is 0. The third-order valence-electron chi connectivity index (χ3n) is 8.84. The van der Waals surface area contributed by atoms with E-state index >= 15 is 0 Å². The van der Waals surface area contributed by atoms with Crippen molar-refractivity contribution in [1.82, 2.24) is 14.8 Å². The summed E-state index contributed by atoms with van der Waals surface area (Å²) in [6.45, 7) is 2.65. The Labute approximate surface area is 282 Å². The van der Waals surface area contributed by atoms with E-state index in [1.165, 1.54) is 33.7 Å². The average molecular weight is 717 g/mol. The molecule has 4 heterocycles. The van der Waals surface area contributed by atoms with Gasteiger partial charge in [0, 0.05) is 48.9 Å². The van der Waals surface area contributed by atoms with Gasteiger partial charge < -0.3 is 33.6 Å². The molecule has 50 heavy (non-hydrogen) atoms. The first kappa shape index (κ1) is 34.7. The van der Waals surface area contributed by atoms with Gasteiger partial charge in [-0.05, 0) is 38.8 Å². The first-order chi connectivity index (χ1) is 23.7. The van der Waals surface area contributed by atoms with Crippen LogP contribution in [0.5, 0.6) is 11.5 Å². The number of fused-ring (bicyclic) bond motifs is 5. The van der Waals surface area contributed by atoms with Crippen LogP contribution in [0.3, 0.4) is 0 Å². The monoisotopic (exact) mass is 716 g/mol. The molecule has 18 heteroatoms. The second-order valence-corrected chi connectivity index (χ2v) is 13.4. The normalized spacial score (nSPS) is 21.1. The van der Waals surface area contributed by atoms with Crippen molar-refractivity contribution in [3.63, 3.8) is 0 Å². The van der Waals surface area contributed by atoms with Gasteiger partial charge in [-0.1, -0.05) is 29.4 Å². The number of pyridine rings is 1. The number of para-hydroxylation sites is 1.